The highest BCUT2D eigenvalue weighted by atomic mass is 35.5. The van der Waals surface area contributed by atoms with Gasteiger partial charge in [0.2, 0.25) is 35.4 Å². The molecular formula is C53H66ClN7O8S. The van der Waals surface area contributed by atoms with Gasteiger partial charge in [-0.05, 0) is 104 Å². The molecule has 0 spiro atoms. The number of rotatable bonds is 20. The minimum Gasteiger partial charge on any atom is -0.491 e. The number of ether oxygens (including phenoxy) is 1. The molecule has 17 heteroatoms. The van der Waals surface area contributed by atoms with Crippen LogP contribution in [-0.2, 0) is 48.0 Å². The Hall–Kier alpha value is -5.84. The van der Waals surface area contributed by atoms with Crippen molar-refractivity contribution < 1.29 is 38.6 Å². The van der Waals surface area contributed by atoms with Crippen LogP contribution < -0.4 is 31.3 Å². The van der Waals surface area contributed by atoms with Gasteiger partial charge in [0.05, 0.1) is 40.0 Å². The quantitative estimate of drug-likeness (QED) is 0.0598. The zero-order valence-electron chi connectivity index (χ0n) is 40.7. The Bertz CT molecular complexity index is 2560. The van der Waals surface area contributed by atoms with Crippen molar-refractivity contribution in [2.24, 2.45) is 11.1 Å². The van der Waals surface area contributed by atoms with Crippen LogP contribution in [0, 0.1) is 12.3 Å². The van der Waals surface area contributed by atoms with Gasteiger partial charge in [0.15, 0.2) is 0 Å². The van der Waals surface area contributed by atoms with Crippen LogP contribution in [0.2, 0.25) is 5.02 Å². The summed E-state index contributed by atoms with van der Waals surface area (Å²) in [5.74, 6) is -1.43. The molecule has 0 aliphatic carbocycles. The van der Waals surface area contributed by atoms with Crippen LogP contribution in [0.4, 0.5) is 5.69 Å². The number of aliphatic hydroxyl groups is 1. The largest absolute Gasteiger partial charge is 0.491 e. The first-order valence-corrected chi connectivity index (χ1v) is 25.6. The number of hydrogen-bond acceptors (Lipinski definition) is 10. The maximum Gasteiger partial charge on any atom is 0.246 e. The molecule has 15 nitrogen and oxygen atoms in total. The molecule has 6 N–H and O–H groups in total. The molecule has 70 heavy (non-hydrogen) atoms. The van der Waals surface area contributed by atoms with E-state index in [0.717, 1.165) is 56.9 Å². The number of benzene rings is 3. The van der Waals surface area contributed by atoms with Gasteiger partial charge >= 0.3 is 0 Å². The lowest BCUT2D eigenvalue weighted by Gasteiger charge is -2.35. The van der Waals surface area contributed by atoms with E-state index < -0.39 is 47.5 Å². The van der Waals surface area contributed by atoms with Crippen molar-refractivity contribution in [2.75, 3.05) is 18.1 Å². The molecule has 3 aliphatic heterocycles. The van der Waals surface area contributed by atoms with Crippen LogP contribution in [-0.4, -0.2) is 93.9 Å². The number of β-amino-alcohol motifs (C(OH)–C–C–N with tert-alkyl or cyclic N) is 1. The topological polar surface area (TPSA) is 213 Å². The number of unbranched alkanes of at least 4 members (excludes halogenated alkanes) is 2. The van der Waals surface area contributed by atoms with Crippen molar-refractivity contribution in [3.63, 3.8) is 0 Å². The number of carbonyl (C=O) groups excluding carboxylic acids is 6. The second-order valence-electron chi connectivity index (χ2n) is 20.0. The number of aromatic nitrogens is 1. The summed E-state index contributed by atoms with van der Waals surface area (Å²) in [7, 11) is 0. The molecule has 1 saturated heterocycles. The van der Waals surface area contributed by atoms with E-state index in [1.54, 1.807) is 28.4 Å². The SMILES string of the molecule is Cc1ncsc1-c1ccc([C@H](C)NC(=O)[C@@H]2C[C@@H](O)CN2C(=O)[C@@H](NC(=O)CCCCCc2cc(OC[C@H](CCC(N)=O)NC(=O)[C@@H]3Cc4cccc5c4N3C(=O)CCC5)ccc2Cl)C(C)(C)C)cc1. The predicted octanol–water partition coefficient (Wildman–Crippen LogP) is 6.67. The summed E-state index contributed by atoms with van der Waals surface area (Å²) in [6.07, 6.45) is 4.53. The number of primary amides is 1. The van der Waals surface area contributed by atoms with Gasteiger partial charge in [-0.25, -0.2) is 4.98 Å². The second kappa shape index (κ2) is 22.9. The van der Waals surface area contributed by atoms with E-state index >= 15 is 0 Å². The molecule has 0 saturated carbocycles. The molecule has 0 unspecified atom stereocenters. The number of aryl methyl sites for hydroxylation is 3. The lowest BCUT2D eigenvalue weighted by molar-refractivity contribution is -0.144. The monoisotopic (exact) mass is 995 g/mol. The Kier molecular flexibility index (Phi) is 17.0. The summed E-state index contributed by atoms with van der Waals surface area (Å²) >= 11 is 8.19. The fraction of sp³-hybridized carbons (Fsp3) is 0.491. The van der Waals surface area contributed by atoms with Crippen molar-refractivity contribution in [3.8, 4) is 16.2 Å². The maximum atomic E-state index is 14.2. The van der Waals surface area contributed by atoms with Crippen LogP contribution in [0.3, 0.4) is 0 Å². The number of carbonyl (C=O) groups is 6. The van der Waals surface area contributed by atoms with E-state index in [-0.39, 0.29) is 68.5 Å². The number of nitrogens with one attached hydrogen (secondary N) is 3. The molecule has 374 valence electrons. The number of para-hydroxylation sites is 1. The van der Waals surface area contributed by atoms with Gasteiger partial charge in [0.25, 0.3) is 0 Å². The third kappa shape index (κ3) is 12.7. The van der Waals surface area contributed by atoms with Gasteiger partial charge in [-0.2, -0.15) is 0 Å². The van der Waals surface area contributed by atoms with E-state index in [4.69, 9.17) is 22.1 Å². The minimum absolute atomic E-state index is 0.0172. The summed E-state index contributed by atoms with van der Waals surface area (Å²) < 4.78 is 6.18. The lowest BCUT2D eigenvalue weighted by Crippen LogP contribution is -2.57. The fourth-order valence-corrected chi connectivity index (χ4v) is 10.7. The highest BCUT2D eigenvalue weighted by Crippen LogP contribution is 2.39. The van der Waals surface area contributed by atoms with Gasteiger partial charge < -0.3 is 36.4 Å². The Morgan fingerprint density at radius 1 is 0.943 bits per heavy atom. The Labute approximate surface area is 419 Å². The van der Waals surface area contributed by atoms with Gasteiger partial charge in [-0.3, -0.25) is 33.7 Å². The molecule has 3 aromatic carbocycles. The number of thiazole rings is 1. The number of halogens is 1. The van der Waals surface area contributed by atoms with Crippen molar-refractivity contribution >= 4 is 64.1 Å². The predicted molar refractivity (Wildman–Crippen MR) is 270 cm³/mol. The van der Waals surface area contributed by atoms with Crippen molar-refractivity contribution in [2.45, 2.75) is 148 Å². The van der Waals surface area contributed by atoms with Crippen LogP contribution in [0.25, 0.3) is 10.4 Å². The number of amides is 6. The standard InChI is InChI=1S/C53H66ClN7O8S/c1-31(33-17-19-35(20-18-33)48-32(2)56-30-70-48)57-50(66)42-27-39(62)28-60(42)52(68)49(53(3,4)5)59-45(64)15-8-6-7-11-36-25-40(22-23-41(36)54)69-29-38(21-24-44(55)63)58-51(67)43-26-37-14-9-12-34-13-10-16-46(65)61(43)47(34)37/h9,12,14,17-20,22-23,25,30-31,38-39,42-43,49,62H,6-8,10-11,13,15-16,21,24,26-29H2,1-5H3,(H2,55,63)(H,57,66)(H,58,67)(H,59,64)/t31-,38-,39+,42-,43-,49+/m0/s1. The first-order chi connectivity index (χ1) is 33.4. The first-order valence-electron chi connectivity index (χ1n) is 24.4. The molecule has 1 aromatic heterocycles. The van der Waals surface area contributed by atoms with Crippen LogP contribution in [0.1, 0.15) is 119 Å². The van der Waals surface area contributed by atoms with Crippen LogP contribution in [0.15, 0.2) is 66.2 Å². The lowest BCUT2D eigenvalue weighted by atomic mass is 9.85. The van der Waals surface area contributed by atoms with Crippen molar-refractivity contribution in [1.29, 1.82) is 0 Å². The number of anilines is 1. The molecule has 4 heterocycles. The minimum atomic E-state index is -0.933. The highest BCUT2D eigenvalue weighted by Gasteiger charge is 2.45. The molecule has 0 bridgehead atoms. The first kappa shape index (κ1) is 52.0. The van der Waals surface area contributed by atoms with E-state index in [1.807, 2.05) is 88.7 Å². The Morgan fingerprint density at radius 2 is 1.69 bits per heavy atom. The molecule has 0 radical (unpaired) electrons. The van der Waals surface area contributed by atoms with Crippen LogP contribution >= 0.6 is 22.9 Å². The molecule has 7 rings (SSSR count). The normalized spacial score (nSPS) is 18.9. The Balaban J connectivity index is 0.882. The van der Waals surface area contributed by atoms with Gasteiger partial charge in [0.1, 0.15) is 30.5 Å². The zero-order chi connectivity index (χ0) is 50.3. The number of nitrogens with two attached hydrogens (primary N) is 1. The smallest absolute Gasteiger partial charge is 0.246 e. The molecule has 4 aromatic rings. The van der Waals surface area contributed by atoms with E-state index in [2.05, 4.69) is 20.9 Å². The third-order valence-corrected chi connectivity index (χ3v) is 14.9. The molecule has 1 fully saturated rings. The summed E-state index contributed by atoms with van der Waals surface area (Å²) in [6.45, 7) is 9.46. The summed E-state index contributed by atoms with van der Waals surface area (Å²) in [4.78, 5) is 88.6. The summed E-state index contributed by atoms with van der Waals surface area (Å²) in [5, 5.41) is 20.3. The van der Waals surface area contributed by atoms with Gasteiger partial charge in [0, 0.05) is 43.7 Å². The Morgan fingerprint density at radius 3 is 2.40 bits per heavy atom. The molecule has 3 aliphatic rings. The maximum absolute atomic E-state index is 14.2. The molecule has 6 atom stereocenters. The van der Waals surface area contributed by atoms with E-state index in [9.17, 15) is 33.9 Å². The van der Waals surface area contributed by atoms with Crippen LogP contribution in [0.5, 0.6) is 5.75 Å². The second-order valence-corrected chi connectivity index (χ2v) is 21.2. The number of likely N-dealkylation sites (tertiary alicyclic amines) is 1. The van der Waals surface area contributed by atoms with Crippen molar-refractivity contribution in [1.82, 2.24) is 25.8 Å². The average molecular weight is 997 g/mol. The van der Waals surface area contributed by atoms with Crippen molar-refractivity contribution in [3.05, 3.63) is 99.1 Å². The van der Waals surface area contributed by atoms with E-state index in [0.29, 0.717) is 49.3 Å². The number of nitrogens with zero attached hydrogens (tertiary/aromatic N) is 3. The number of hydrogen-bond donors (Lipinski definition) is 5. The fourth-order valence-electron chi connectivity index (χ4n) is 9.70. The van der Waals surface area contributed by atoms with E-state index in [1.165, 1.54) is 4.90 Å². The third-order valence-electron chi connectivity index (χ3n) is 13.5. The van der Waals surface area contributed by atoms with Gasteiger partial charge in [-0.15, -0.1) is 11.3 Å². The highest BCUT2D eigenvalue weighted by molar-refractivity contribution is 7.13. The summed E-state index contributed by atoms with van der Waals surface area (Å²) in [6, 6.07) is 15.8. The molecule has 6 amide bonds. The average Bonchev–Trinajstić information content (AvgIpc) is 4.02. The molecular weight excluding hydrogens is 930 g/mol. The van der Waals surface area contributed by atoms with Gasteiger partial charge in [-0.1, -0.05) is 81.3 Å². The summed E-state index contributed by atoms with van der Waals surface area (Å²) in [5.41, 5.74) is 13.2. The zero-order valence-corrected chi connectivity index (χ0v) is 42.3. The number of aliphatic hydroxyl groups excluding tert-OH is 1.